The van der Waals surface area contributed by atoms with Gasteiger partial charge < -0.3 is 56.7 Å². The van der Waals surface area contributed by atoms with Crippen LogP contribution < -0.4 is 16.4 Å². The Balaban J connectivity index is 0.000000209. The molecule has 9 saturated carbocycles. The van der Waals surface area contributed by atoms with Crippen LogP contribution in [0.5, 0.6) is 0 Å². The SMILES string of the molecule is CC1CC2C3CCC4=CC(=O)C=CC4(C)C3(Cl)C(O)CC2(C)C1(O)C(=O)CN.CC1CC2C3CCC4=CC(=O)C=CC4(C)C3(Cl)C(O)CC2(C)C1(O)C(=O)CNC(=O)CCCCCCCCCCC(=O)NCC(=O)C1(O)C(C)CC2C3CCC4=CC(=O)C=CC4(C)C3(Cl)C(O)CC21C.O=C(CCCCCCCCCCC(=O)ON1C(=O)CCC1=O)ON1C(=O)CCC1=O. The molecular weight excluding hydrogens is 1710 g/mol. The van der Waals surface area contributed by atoms with Gasteiger partial charge >= 0.3 is 11.9 Å². The van der Waals surface area contributed by atoms with Crippen molar-refractivity contribution in [3.8, 4) is 0 Å². The number of hydrogen-bond acceptors (Lipinski definition) is 23. The number of alkyl halides is 3. The number of allylic oxidation sites excluding steroid dienone is 12. The molecule has 2 saturated heterocycles. The minimum absolute atomic E-state index is 0.00620. The third-order valence-electron chi connectivity index (χ3n) is 34.5. The van der Waals surface area contributed by atoms with E-state index in [0.717, 1.165) is 107 Å². The van der Waals surface area contributed by atoms with Crippen molar-refractivity contribution in [3.63, 3.8) is 0 Å². The molecule has 14 rings (SSSR count). The average molecular weight is 1840 g/mol. The van der Waals surface area contributed by atoms with Gasteiger partial charge in [-0.2, -0.15) is 0 Å². The predicted molar refractivity (Wildman–Crippen MR) is 475 cm³/mol. The van der Waals surface area contributed by atoms with Crippen LogP contribution in [0.15, 0.2) is 71.4 Å². The molecule has 30 heteroatoms. The Hall–Kier alpha value is -6.79. The third kappa shape index (κ3) is 17.2. The van der Waals surface area contributed by atoms with E-state index in [-0.39, 0.29) is 167 Å². The van der Waals surface area contributed by atoms with Gasteiger partial charge in [-0.1, -0.05) is 174 Å². The number of unbranched alkanes of at least 4 members (excludes halogenated alkanes) is 14. The van der Waals surface area contributed by atoms with E-state index < -0.39 is 141 Å². The van der Waals surface area contributed by atoms with Crippen LogP contribution in [0.25, 0.3) is 0 Å². The maximum absolute atomic E-state index is 14.0. The fraction of sp³-hybridized carbons (Fsp3) is 0.735. The zero-order valence-electron chi connectivity index (χ0n) is 76.0. The Morgan fingerprint density at radius 2 is 0.641 bits per heavy atom. The molecule has 0 aromatic heterocycles. The van der Waals surface area contributed by atoms with Crippen LogP contribution >= 0.6 is 34.8 Å². The molecular formula is C98H136Cl3N5O22. The number of ketones is 6. The molecule has 24 atom stereocenters. The molecule has 12 aliphatic carbocycles. The predicted octanol–water partition coefficient (Wildman–Crippen LogP) is 11.7. The van der Waals surface area contributed by atoms with Crippen LogP contribution in [-0.2, 0) is 76.8 Å². The number of Topliss-reactive ketones (excluding diaryl/α,β-unsaturated/α-hetero) is 3. The van der Waals surface area contributed by atoms with Gasteiger partial charge in [-0.15, -0.1) is 44.9 Å². The summed E-state index contributed by atoms with van der Waals surface area (Å²) >= 11 is 22.4. The standard InChI is InChI=1S/C56H78Cl2N2O10.C22H30ClNO4.C20H28N2O8/c1-33-25-41-39-19-17-35-27-37(61)21-23-49(35,3)53(39,57)43(63)29-51(41,5)55(33,69)45(65)31-59-47(67)15-13-11-9-7-8-10-12-14-16-48(68)60-32-46(66)56(70)34(2)26-42-40-20-18-36-28-38(62)22-24-50(36,4)54(40,58)44(64)30-52(42,56)6;1-12-8-16-15-5-4-13-9-14(25)6-7-19(13,2)21(15,23)17(26)10-20(16,3)22(12,28)18(27)11-24;23-15-11-12-16(24)21(15)29-19(27)9-7-5-3-1-2-4-6-8-10-20(28)30-22-17(25)13-14-18(22)26/h21-24,27-28,33-34,39-44,63-64,69-70H,7-20,25-26,29-32H2,1-6H3,(H,59,67)(H,60,68);6-7,9,12,15-17,26,28H,4-5,8,10-11,24H2,1-3H3;1-14H2. The molecule has 6 amide bonds. The molecule has 0 bridgehead atoms. The second kappa shape index (κ2) is 38.7. The first kappa shape index (κ1) is 100. The molecule has 2 aliphatic heterocycles. The van der Waals surface area contributed by atoms with Gasteiger partial charge in [-0.25, -0.2) is 9.59 Å². The van der Waals surface area contributed by atoms with Crippen molar-refractivity contribution >= 4 is 117 Å². The van der Waals surface area contributed by atoms with E-state index in [1.807, 2.05) is 80.5 Å². The van der Waals surface area contributed by atoms with Crippen molar-refractivity contribution in [1.82, 2.24) is 20.8 Å². The van der Waals surface area contributed by atoms with Gasteiger partial charge in [0, 0.05) is 83.9 Å². The fourth-order valence-corrected chi connectivity index (χ4v) is 28.8. The highest BCUT2D eigenvalue weighted by Gasteiger charge is 2.78. The van der Waals surface area contributed by atoms with Crippen LogP contribution in [0.4, 0.5) is 0 Å². The largest absolute Gasteiger partial charge is 0.391 e. The highest BCUT2D eigenvalue weighted by molar-refractivity contribution is 6.27. The fourth-order valence-electron chi connectivity index (χ4n) is 27.2. The molecule has 0 spiro atoms. The average Bonchev–Trinajstić information content (AvgIpc) is 1.43. The Morgan fingerprint density at radius 1 is 0.391 bits per heavy atom. The minimum Gasteiger partial charge on any atom is -0.391 e. The minimum atomic E-state index is -1.75. The van der Waals surface area contributed by atoms with Crippen molar-refractivity contribution < 1.29 is 107 Å². The van der Waals surface area contributed by atoms with Crippen LogP contribution in [0.1, 0.15) is 293 Å². The van der Waals surface area contributed by atoms with Gasteiger partial charge in [0.2, 0.25) is 11.8 Å². The molecule has 24 unspecified atom stereocenters. The quantitative estimate of drug-likeness (QED) is 0.0172. The number of nitrogens with zero attached hydrogens (tertiary/aromatic N) is 2. The van der Waals surface area contributed by atoms with E-state index in [1.54, 1.807) is 24.3 Å². The Bertz CT molecular complexity index is 4350. The van der Waals surface area contributed by atoms with E-state index in [2.05, 4.69) is 10.6 Å². The van der Waals surface area contributed by atoms with Gasteiger partial charge in [-0.3, -0.25) is 57.5 Å². The molecule has 0 radical (unpaired) electrons. The molecule has 10 N–H and O–H groups in total. The van der Waals surface area contributed by atoms with E-state index in [1.165, 1.54) is 12.2 Å². The highest BCUT2D eigenvalue weighted by atomic mass is 35.5. The van der Waals surface area contributed by atoms with Gasteiger partial charge in [-0.05, 0) is 192 Å². The summed E-state index contributed by atoms with van der Waals surface area (Å²) in [5.74, 6) is -6.76. The molecule has 0 aromatic carbocycles. The zero-order chi connectivity index (χ0) is 93.7. The maximum atomic E-state index is 14.0. The summed E-state index contributed by atoms with van der Waals surface area (Å²) in [6.07, 6.45) is 33.4. The number of nitrogens with one attached hydrogen (secondary N) is 2. The third-order valence-corrected chi connectivity index (χ3v) is 37.3. The number of nitrogens with two attached hydrogens (primary N) is 1. The van der Waals surface area contributed by atoms with E-state index in [0.29, 0.717) is 80.8 Å². The highest BCUT2D eigenvalue weighted by Crippen LogP contribution is 2.75. The van der Waals surface area contributed by atoms with Gasteiger partial charge in [0.15, 0.2) is 34.7 Å². The van der Waals surface area contributed by atoms with Crippen molar-refractivity contribution in [3.05, 3.63) is 71.4 Å². The number of carbonyl (C=O) groups is 14. The number of rotatable bonds is 32. The van der Waals surface area contributed by atoms with Crippen LogP contribution in [0.3, 0.4) is 0 Å². The lowest BCUT2D eigenvalue weighted by Gasteiger charge is -2.63. The van der Waals surface area contributed by atoms with Gasteiger partial charge in [0.05, 0.1) is 52.6 Å². The van der Waals surface area contributed by atoms with Crippen molar-refractivity contribution in [2.45, 2.75) is 343 Å². The molecule has 2 heterocycles. The molecule has 11 fully saturated rings. The van der Waals surface area contributed by atoms with Crippen LogP contribution in [-0.4, -0.2) is 192 Å². The van der Waals surface area contributed by atoms with E-state index in [9.17, 15) is 97.8 Å². The summed E-state index contributed by atoms with van der Waals surface area (Å²) < 4.78 is 0. The number of halogens is 3. The lowest BCUT2D eigenvalue weighted by molar-refractivity contribution is -0.197. The second-order valence-corrected chi connectivity index (χ2v) is 43.2. The first-order valence-electron chi connectivity index (χ1n) is 47.2. The molecule has 14 aliphatic rings. The summed E-state index contributed by atoms with van der Waals surface area (Å²) in [7, 11) is 0. The van der Waals surface area contributed by atoms with Crippen LogP contribution in [0.2, 0.25) is 0 Å². The topological polar surface area (TPSA) is 435 Å². The number of hydrogen-bond donors (Lipinski definition) is 9. The van der Waals surface area contributed by atoms with E-state index in [4.69, 9.17) is 50.2 Å². The second-order valence-electron chi connectivity index (χ2n) is 41.3. The smallest absolute Gasteiger partial charge is 0.333 e. The lowest BCUT2D eigenvalue weighted by Crippen LogP contribution is -2.69. The first-order chi connectivity index (χ1) is 60.1. The first-order valence-corrected chi connectivity index (χ1v) is 48.4. The summed E-state index contributed by atoms with van der Waals surface area (Å²) in [6.45, 7) is 16.5. The molecule has 706 valence electrons. The summed E-state index contributed by atoms with van der Waals surface area (Å²) in [6, 6.07) is 0. The molecule has 128 heavy (non-hydrogen) atoms. The lowest BCUT2D eigenvalue weighted by atomic mass is 9.45. The molecule has 0 aromatic rings. The van der Waals surface area contributed by atoms with Crippen molar-refractivity contribution in [2.24, 2.45) is 91.5 Å². The Morgan fingerprint density at radius 3 is 0.906 bits per heavy atom. The van der Waals surface area contributed by atoms with Gasteiger partial charge in [0.1, 0.15) is 16.8 Å². The Labute approximate surface area is 766 Å². The normalized spacial score (nSPS) is 39.7. The number of aliphatic hydroxyl groups is 6. The number of aliphatic hydroxyl groups excluding tert-OH is 3. The Kier molecular flexibility index (Phi) is 30.3. The van der Waals surface area contributed by atoms with Crippen molar-refractivity contribution in [2.75, 3.05) is 19.6 Å². The zero-order valence-corrected chi connectivity index (χ0v) is 78.3. The summed E-state index contributed by atoms with van der Waals surface area (Å²) in [4.78, 5) is 178. The number of fused-ring (bicyclic) bond motifs is 15. The number of hydroxylamine groups is 4. The summed E-state index contributed by atoms with van der Waals surface area (Å²) in [5, 5.41) is 78.0. The van der Waals surface area contributed by atoms with E-state index >= 15 is 0 Å². The number of amides is 6. The van der Waals surface area contributed by atoms with Crippen molar-refractivity contribution in [1.29, 1.82) is 0 Å². The summed E-state index contributed by atoms with van der Waals surface area (Å²) in [5.41, 5.74) is -1.38. The number of carbonyl (C=O) groups excluding carboxylic acids is 14. The monoisotopic (exact) mass is 1840 g/mol. The maximum Gasteiger partial charge on any atom is 0.333 e. The molecule has 27 nitrogen and oxygen atoms in total. The van der Waals surface area contributed by atoms with Crippen LogP contribution in [0, 0.1) is 85.8 Å². The van der Waals surface area contributed by atoms with Gasteiger partial charge in [0.25, 0.3) is 23.6 Å². The number of imide groups is 2.